The van der Waals surface area contributed by atoms with Crippen LogP contribution in [0.5, 0.6) is 11.5 Å². The van der Waals surface area contributed by atoms with Gasteiger partial charge in [0.2, 0.25) is 0 Å². The van der Waals surface area contributed by atoms with E-state index in [0.29, 0.717) is 12.6 Å². The van der Waals surface area contributed by atoms with Gasteiger partial charge in [0.25, 0.3) is 0 Å². The molecule has 1 aliphatic heterocycles. The molecule has 1 aromatic rings. The highest BCUT2D eigenvalue weighted by Crippen LogP contribution is 2.29. The molecule has 1 fully saturated rings. The Labute approximate surface area is 128 Å². The third-order valence-electron chi connectivity index (χ3n) is 3.63. The lowest BCUT2D eigenvalue weighted by Gasteiger charge is -2.31. The summed E-state index contributed by atoms with van der Waals surface area (Å²) in [5.74, 6) is 1.72. The van der Waals surface area contributed by atoms with Crippen molar-refractivity contribution in [1.29, 1.82) is 0 Å². The van der Waals surface area contributed by atoms with Crippen molar-refractivity contribution in [1.82, 2.24) is 10.2 Å². The summed E-state index contributed by atoms with van der Waals surface area (Å²) in [6.07, 6.45) is 1.01. The van der Waals surface area contributed by atoms with Crippen molar-refractivity contribution in [2.75, 3.05) is 32.8 Å². The SMILES string of the molecule is CCCOc1ccc(CN2CCNC(C)C2)cc1OCC. The molecule has 118 valence electrons. The van der Waals surface area contributed by atoms with Crippen LogP contribution in [0, 0.1) is 0 Å². The molecule has 1 aliphatic rings. The maximum absolute atomic E-state index is 5.75. The Morgan fingerprint density at radius 3 is 2.81 bits per heavy atom. The average molecular weight is 292 g/mol. The summed E-state index contributed by atoms with van der Waals surface area (Å²) in [4.78, 5) is 2.48. The van der Waals surface area contributed by atoms with Crippen molar-refractivity contribution in [2.24, 2.45) is 0 Å². The summed E-state index contributed by atoms with van der Waals surface area (Å²) >= 11 is 0. The molecule has 1 heterocycles. The Hall–Kier alpha value is -1.26. The predicted molar refractivity (Wildman–Crippen MR) is 86.1 cm³/mol. The first kappa shape index (κ1) is 16.1. The van der Waals surface area contributed by atoms with Crippen LogP contribution in [-0.2, 0) is 6.54 Å². The van der Waals surface area contributed by atoms with Gasteiger partial charge in [0.15, 0.2) is 11.5 Å². The molecule has 21 heavy (non-hydrogen) atoms. The van der Waals surface area contributed by atoms with Gasteiger partial charge in [-0.1, -0.05) is 13.0 Å². The van der Waals surface area contributed by atoms with E-state index in [1.54, 1.807) is 0 Å². The summed E-state index contributed by atoms with van der Waals surface area (Å²) in [6, 6.07) is 6.89. The van der Waals surface area contributed by atoms with Crippen LogP contribution in [-0.4, -0.2) is 43.8 Å². The molecule has 1 N–H and O–H groups in total. The van der Waals surface area contributed by atoms with E-state index in [2.05, 4.69) is 36.2 Å². The second-order valence-corrected chi connectivity index (χ2v) is 5.65. The van der Waals surface area contributed by atoms with Gasteiger partial charge >= 0.3 is 0 Å². The fourth-order valence-corrected chi connectivity index (χ4v) is 2.66. The molecule has 0 bridgehead atoms. The van der Waals surface area contributed by atoms with Crippen LogP contribution in [0.15, 0.2) is 18.2 Å². The molecule has 0 spiro atoms. The fraction of sp³-hybridized carbons (Fsp3) is 0.647. The van der Waals surface area contributed by atoms with Gasteiger partial charge in [-0.15, -0.1) is 0 Å². The molecule has 4 nitrogen and oxygen atoms in total. The monoisotopic (exact) mass is 292 g/mol. The zero-order valence-corrected chi connectivity index (χ0v) is 13.5. The Kier molecular flexibility index (Phi) is 6.33. The lowest BCUT2D eigenvalue weighted by Crippen LogP contribution is -2.48. The van der Waals surface area contributed by atoms with Crippen molar-refractivity contribution in [2.45, 2.75) is 39.8 Å². The van der Waals surface area contributed by atoms with Gasteiger partial charge in [-0.05, 0) is 38.0 Å². The Balaban J connectivity index is 2.03. The van der Waals surface area contributed by atoms with Crippen molar-refractivity contribution >= 4 is 0 Å². The standard InChI is InChI=1S/C17H28N2O2/c1-4-10-21-16-7-6-15(11-17(16)20-5-2)13-19-9-8-18-14(3)12-19/h6-7,11,14,18H,4-5,8-10,12-13H2,1-3H3. The molecule has 4 heteroatoms. The number of piperazine rings is 1. The second kappa shape index (κ2) is 8.25. The zero-order valence-electron chi connectivity index (χ0n) is 13.5. The van der Waals surface area contributed by atoms with E-state index in [1.165, 1.54) is 5.56 Å². The van der Waals surface area contributed by atoms with E-state index in [4.69, 9.17) is 9.47 Å². The third kappa shape index (κ3) is 4.90. The van der Waals surface area contributed by atoms with Crippen molar-refractivity contribution < 1.29 is 9.47 Å². The van der Waals surface area contributed by atoms with Gasteiger partial charge in [-0.25, -0.2) is 0 Å². The minimum Gasteiger partial charge on any atom is -0.490 e. The largest absolute Gasteiger partial charge is 0.490 e. The number of nitrogens with one attached hydrogen (secondary N) is 1. The average Bonchev–Trinajstić information content (AvgIpc) is 2.47. The Morgan fingerprint density at radius 2 is 2.10 bits per heavy atom. The van der Waals surface area contributed by atoms with Gasteiger partial charge in [0.05, 0.1) is 13.2 Å². The first-order valence-electron chi connectivity index (χ1n) is 8.07. The zero-order chi connectivity index (χ0) is 15.1. The molecule has 0 radical (unpaired) electrons. The molecule has 1 aromatic carbocycles. The second-order valence-electron chi connectivity index (χ2n) is 5.65. The van der Waals surface area contributed by atoms with E-state index < -0.39 is 0 Å². The van der Waals surface area contributed by atoms with Gasteiger partial charge in [-0.3, -0.25) is 4.90 Å². The van der Waals surface area contributed by atoms with Crippen LogP contribution < -0.4 is 14.8 Å². The van der Waals surface area contributed by atoms with Crippen LogP contribution in [0.3, 0.4) is 0 Å². The van der Waals surface area contributed by atoms with Crippen LogP contribution in [0.4, 0.5) is 0 Å². The Morgan fingerprint density at radius 1 is 1.24 bits per heavy atom. The summed E-state index contributed by atoms with van der Waals surface area (Å²) < 4.78 is 11.5. The Bertz CT molecular complexity index is 437. The topological polar surface area (TPSA) is 33.7 Å². The fourth-order valence-electron chi connectivity index (χ4n) is 2.66. The van der Waals surface area contributed by atoms with Crippen molar-refractivity contribution in [3.63, 3.8) is 0 Å². The maximum Gasteiger partial charge on any atom is 0.161 e. The van der Waals surface area contributed by atoms with Crippen LogP contribution in [0.1, 0.15) is 32.8 Å². The van der Waals surface area contributed by atoms with E-state index in [1.807, 2.05) is 13.0 Å². The molecular weight excluding hydrogens is 264 g/mol. The number of hydrogen-bond donors (Lipinski definition) is 1. The summed E-state index contributed by atoms with van der Waals surface area (Å²) in [5.41, 5.74) is 1.29. The van der Waals surface area contributed by atoms with E-state index >= 15 is 0 Å². The third-order valence-corrected chi connectivity index (χ3v) is 3.63. The molecule has 1 saturated heterocycles. The number of rotatable bonds is 7. The van der Waals surface area contributed by atoms with E-state index in [9.17, 15) is 0 Å². The van der Waals surface area contributed by atoms with E-state index in [0.717, 1.165) is 50.7 Å². The summed E-state index contributed by atoms with van der Waals surface area (Å²) in [5, 5.41) is 3.48. The lowest BCUT2D eigenvalue weighted by molar-refractivity contribution is 0.199. The maximum atomic E-state index is 5.75. The number of ether oxygens (including phenoxy) is 2. The van der Waals surface area contributed by atoms with Gasteiger partial charge in [-0.2, -0.15) is 0 Å². The van der Waals surface area contributed by atoms with Crippen LogP contribution in [0.25, 0.3) is 0 Å². The van der Waals surface area contributed by atoms with Crippen LogP contribution in [0.2, 0.25) is 0 Å². The minimum absolute atomic E-state index is 0.567. The van der Waals surface area contributed by atoms with Crippen molar-refractivity contribution in [3.05, 3.63) is 23.8 Å². The van der Waals surface area contributed by atoms with Crippen molar-refractivity contribution in [3.8, 4) is 11.5 Å². The highest BCUT2D eigenvalue weighted by molar-refractivity contribution is 5.43. The first-order chi connectivity index (χ1) is 10.2. The minimum atomic E-state index is 0.567. The molecule has 0 amide bonds. The molecule has 0 saturated carbocycles. The summed E-state index contributed by atoms with van der Waals surface area (Å²) in [6.45, 7) is 12.0. The molecule has 1 unspecified atom stereocenters. The molecule has 0 aromatic heterocycles. The van der Waals surface area contributed by atoms with Gasteiger partial charge < -0.3 is 14.8 Å². The first-order valence-corrected chi connectivity index (χ1v) is 8.07. The smallest absolute Gasteiger partial charge is 0.161 e. The molecular formula is C17H28N2O2. The quantitative estimate of drug-likeness (QED) is 0.838. The van der Waals surface area contributed by atoms with Gasteiger partial charge in [0, 0.05) is 32.2 Å². The summed E-state index contributed by atoms with van der Waals surface area (Å²) in [7, 11) is 0. The normalized spacial score (nSPS) is 19.5. The van der Waals surface area contributed by atoms with Gasteiger partial charge in [0.1, 0.15) is 0 Å². The predicted octanol–water partition coefficient (Wildman–Crippen LogP) is 2.67. The number of benzene rings is 1. The molecule has 0 aliphatic carbocycles. The highest BCUT2D eigenvalue weighted by atomic mass is 16.5. The molecule has 1 atom stereocenters. The number of nitrogens with zero attached hydrogens (tertiary/aromatic N) is 1. The van der Waals surface area contributed by atoms with Crippen LogP contribution >= 0.6 is 0 Å². The highest BCUT2D eigenvalue weighted by Gasteiger charge is 2.16. The molecule has 2 rings (SSSR count). The number of hydrogen-bond acceptors (Lipinski definition) is 4. The lowest BCUT2D eigenvalue weighted by atomic mass is 10.1. The van der Waals surface area contributed by atoms with E-state index in [-0.39, 0.29) is 0 Å².